The maximum atomic E-state index is 11.7. The second-order valence-corrected chi connectivity index (χ2v) is 5.05. The van der Waals surface area contributed by atoms with Gasteiger partial charge in [0.1, 0.15) is 0 Å². The standard InChI is InChI=1S/C8H17NO4S/c1-5-9(6-2)14(11,12)7(3)8(10)13-4/h7H,5-6H2,1-4H3. The molecule has 0 aliphatic heterocycles. The van der Waals surface area contributed by atoms with Gasteiger partial charge in [-0.3, -0.25) is 4.79 Å². The second-order valence-electron chi connectivity index (χ2n) is 2.79. The Balaban J connectivity index is 4.86. The molecule has 0 bridgehead atoms. The Hall–Kier alpha value is -0.620. The third kappa shape index (κ3) is 2.68. The van der Waals surface area contributed by atoms with Crippen LogP contribution in [0.3, 0.4) is 0 Å². The first-order valence-corrected chi connectivity index (χ1v) is 5.98. The lowest BCUT2D eigenvalue weighted by atomic mass is 10.5. The molecule has 6 heteroatoms. The van der Waals surface area contributed by atoms with Gasteiger partial charge in [-0.2, -0.15) is 0 Å². The van der Waals surface area contributed by atoms with Crippen molar-refractivity contribution in [3.63, 3.8) is 0 Å². The number of esters is 1. The van der Waals surface area contributed by atoms with Crippen molar-refractivity contribution in [2.75, 3.05) is 20.2 Å². The van der Waals surface area contributed by atoms with E-state index in [1.165, 1.54) is 18.3 Å². The molecule has 0 radical (unpaired) electrons. The molecular formula is C8H17NO4S. The quantitative estimate of drug-likeness (QED) is 0.625. The van der Waals surface area contributed by atoms with Crippen LogP contribution in [0.5, 0.6) is 0 Å². The topological polar surface area (TPSA) is 63.7 Å². The van der Waals surface area contributed by atoms with Crippen molar-refractivity contribution in [2.24, 2.45) is 0 Å². The van der Waals surface area contributed by atoms with Gasteiger partial charge in [-0.15, -0.1) is 0 Å². The highest BCUT2D eigenvalue weighted by atomic mass is 32.2. The number of hydrogen-bond donors (Lipinski definition) is 0. The molecule has 5 nitrogen and oxygen atoms in total. The van der Waals surface area contributed by atoms with Crippen molar-refractivity contribution in [1.29, 1.82) is 0 Å². The summed E-state index contributed by atoms with van der Waals surface area (Å²) in [7, 11) is -2.38. The van der Waals surface area contributed by atoms with Gasteiger partial charge >= 0.3 is 5.97 Å². The molecule has 0 heterocycles. The van der Waals surface area contributed by atoms with Crippen molar-refractivity contribution >= 4 is 16.0 Å². The van der Waals surface area contributed by atoms with Crippen molar-refractivity contribution < 1.29 is 17.9 Å². The number of carbonyl (C=O) groups excluding carboxylic acids is 1. The summed E-state index contributed by atoms with van der Waals surface area (Å²) in [6.45, 7) is 5.51. The van der Waals surface area contributed by atoms with E-state index in [1.54, 1.807) is 13.8 Å². The van der Waals surface area contributed by atoms with E-state index in [4.69, 9.17) is 0 Å². The van der Waals surface area contributed by atoms with E-state index < -0.39 is 21.2 Å². The van der Waals surface area contributed by atoms with Crippen LogP contribution in [0, 0.1) is 0 Å². The van der Waals surface area contributed by atoms with Crippen molar-refractivity contribution in [2.45, 2.75) is 26.0 Å². The van der Waals surface area contributed by atoms with Gasteiger partial charge in [-0.1, -0.05) is 13.8 Å². The molecule has 0 aromatic carbocycles. The van der Waals surface area contributed by atoms with E-state index in [9.17, 15) is 13.2 Å². The fourth-order valence-electron chi connectivity index (χ4n) is 1.09. The van der Waals surface area contributed by atoms with Gasteiger partial charge in [0.05, 0.1) is 7.11 Å². The minimum Gasteiger partial charge on any atom is -0.468 e. The third-order valence-electron chi connectivity index (χ3n) is 2.05. The average molecular weight is 223 g/mol. The summed E-state index contributed by atoms with van der Waals surface area (Å²) in [6.07, 6.45) is 0. The Morgan fingerprint density at radius 3 is 2.07 bits per heavy atom. The van der Waals surface area contributed by atoms with Gasteiger partial charge in [-0.05, 0) is 6.92 Å². The molecule has 0 amide bonds. The molecule has 0 aliphatic rings. The number of rotatable bonds is 5. The molecule has 84 valence electrons. The lowest BCUT2D eigenvalue weighted by Crippen LogP contribution is -2.41. The molecule has 0 spiro atoms. The zero-order chi connectivity index (χ0) is 11.4. The zero-order valence-corrected chi connectivity index (χ0v) is 9.80. The molecule has 1 unspecified atom stereocenters. The summed E-state index contributed by atoms with van der Waals surface area (Å²) < 4.78 is 29.1. The number of methoxy groups -OCH3 is 1. The van der Waals surface area contributed by atoms with Gasteiger partial charge in [0.15, 0.2) is 5.25 Å². The monoisotopic (exact) mass is 223 g/mol. The molecule has 14 heavy (non-hydrogen) atoms. The highest BCUT2D eigenvalue weighted by Gasteiger charge is 2.32. The minimum absolute atomic E-state index is 0.361. The number of hydrogen-bond acceptors (Lipinski definition) is 4. The molecule has 0 fully saturated rings. The predicted octanol–water partition coefficient (Wildman–Crippen LogP) is 0.220. The van der Waals surface area contributed by atoms with Crippen LogP contribution >= 0.6 is 0 Å². The lowest BCUT2D eigenvalue weighted by Gasteiger charge is -2.21. The Morgan fingerprint density at radius 2 is 1.79 bits per heavy atom. The van der Waals surface area contributed by atoms with Crippen molar-refractivity contribution in [3.8, 4) is 0 Å². The Bertz CT molecular complexity index is 282. The van der Waals surface area contributed by atoms with Crippen LogP contribution in [-0.4, -0.2) is 44.1 Å². The lowest BCUT2D eigenvalue weighted by molar-refractivity contribution is -0.139. The summed E-state index contributed by atoms with van der Waals surface area (Å²) in [4.78, 5) is 11.1. The summed E-state index contributed by atoms with van der Waals surface area (Å²) >= 11 is 0. The van der Waals surface area contributed by atoms with Crippen LogP contribution in [0.2, 0.25) is 0 Å². The molecular weight excluding hydrogens is 206 g/mol. The van der Waals surface area contributed by atoms with Crippen molar-refractivity contribution in [1.82, 2.24) is 4.31 Å². The zero-order valence-electron chi connectivity index (χ0n) is 8.98. The summed E-state index contributed by atoms with van der Waals surface area (Å²) in [6, 6.07) is 0. The predicted molar refractivity (Wildman–Crippen MR) is 53.3 cm³/mol. The van der Waals surface area contributed by atoms with Crippen LogP contribution < -0.4 is 0 Å². The largest absolute Gasteiger partial charge is 0.468 e. The Morgan fingerprint density at radius 1 is 1.36 bits per heavy atom. The molecule has 0 aliphatic carbocycles. The van der Waals surface area contributed by atoms with E-state index in [-0.39, 0.29) is 0 Å². The molecule has 0 saturated carbocycles. The number of nitrogens with zero attached hydrogens (tertiary/aromatic N) is 1. The average Bonchev–Trinajstić information content (AvgIpc) is 2.16. The fraction of sp³-hybridized carbons (Fsp3) is 0.875. The smallest absolute Gasteiger partial charge is 0.325 e. The van der Waals surface area contributed by atoms with E-state index in [1.807, 2.05) is 0 Å². The molecule has 0 N–H and O–H groups in total. The molecule has 1 atom stereocenters. The SMILES string of the molecule is CCN(CC)S(=O)(=O)C(C)C(=O)OC. The van der Waals surface area contributed by atoms with Gasteiger partial charge in [0, 0.05) is 13.1 Å². The van der Waals surface area contributed by atoms with E-state index in [0.717, 1.165) is 0 Å². The number of sulfonamides is 1. The first kappa shape index (κ1) is 13.4. The van der Waals surface area contributed by atoms with Gasteiger partial charge in [0.25, 0.3) is 0 Å². The highest BCUT2D eigenvalue weighted by molar-refractivity contribution is 7.90. The first-order chi connectivity index (χ1) is 6.41. The summed E-state index contributed by atoms with van der Waals surface area (Å²) in [5.74, 6) is -0.725. The second kappa shape index (κ2) is 5.31. The minimum atomic E-state index is -3.55. The van der Waals surface area contributed by atoms with Crippen LogP contribution in [0.1, 0.15) is 20.8 Å². The maximum Gasteiger partial charge on any atom is 0.325 e. The van der Waals surface area contributed by atoms with Gasteiger partial charge in [0.2, 0.25) is 10.0 Å². The normalized spacial score (nSPS) is 14.1. The molecule has 0 aromatic heterocycles. The third-order valence-corrected chi connectivity index (χ3v) is 4.37. The van der Waals surface area contributed by atoms with Crippen LogP contribution in [0.25, 0.3) is 0 Å². The molecule has 0 aromatic rings. The van der Waals surface area contributed by atoms with Crippen LogP contribution in [0.15, 0.2) is 0 Å². The fourth-order valence-corrected chi connectivity index (χ4v) is 2.60. The Kier molecular flexibility index (Phi) is 5.07. The molecule has 0 saturated heterocycles. The Labute approximate surface area is 85.1 Å². The van der Waals surface area contributed by atoms with E-state index >= 15 is 0 Å². The van der Waals surface area contributed by atoms with Gasteiger partial charge in [-0.25, -0.2) is 12.7 Å². The molecule has 0 rings (SSSR count). The van der Waals surface area contributed by atoms with E-state index in [2.05, 4.69) is 4.74 Å². The highest BCUT2D eigenvalue weighted by Crippen LogP contribution is 2.09. The van der Waals surface area contributed by atoms with Crippen molar-refractivity contribution in [3.05, 3.63) is 0 Å². The number of carbonyl (C=O) groups is 1. The summed E-state index contributed by atoms with van der Waals surface area (Å²) in [5.41, 5.74) is 0. The summed E-state index contributed by atoms with van der Waals surface area (Å²) in [5, 5.41) is -1.13. The maximum absolute atomic E-state index is 11.7. The first-order valence-electron chi connectivity index (χ1n) is 4.48. The van der Waals surface area contributed by atoms with Gasteiger partial charge < -0.3 is 4.74 Å². The van der Waals surface area contributed by atoms with E-state index in [0.29, 0.717) is 13.1 Å². The van der Waals surface area contributed by atoms with Crippen LogP contribution in [-0.2, 0) is 19.6 Å². The van der Waals surface area contributed by atoms with Crippen LogP contribution in [0.4, 0.5) is 0 Å². The number of ether oxygens (including phenoxy) is 1.